The molecule has 2 aromatic carbocycles. The highest BCUT2D eigenvalue weighted by atomic mass is 19.1. The summed E-state index contributed by atoms with van der Waals surface area (Å²) in [5, 5.41) is 14.2. The van der Waals surface area contributed by atoms with Gasteiger partial charge in [0, 0.05) is 0 Å². The number of carbonyl (C=O) groups is 1. The smallest absolute Gasteiger partial charge is 0.225 e. The van der Waals surface area contributed by atoms with Crippen LogP contribution in [-0.4, -0.2) is 26.1 Å². The van der Waals surface area contributed by atoms with Crippen molar-refractivity contribution >= 4 is 5.91 Å². The highest BCUT2D eigenvalue weighted by Gasteiger charge is 2.37. The molecule has 0 saturated heterocycles. The van der Waals surface area contributed by atoms with Crippen LogP contribution in [0.4, 0.5) is 4.39 Å². The molecule has 27 heavy (non-hydrogen) atoms. The number of rotatable bonds is 5. The van der Waals surface area contributed by atoms with E-state index >= 15 is 0 Å². The van der Waals surface area contributed by atoms with E-state index in [4.69, 9.17) is 0 Å². The van der Waals surface area contributed by atoms with Crippen molar-refractivity contribution < 1.29 is 9.18 Å². The molecule has 0 radical (unpaired) electrons. The van der Waals surface area contributed by atoms with Crippen LogP contribution in [0, 0.1) is 5.82 Å². The van der Waals surface area contributed by atoms with Crippen LogP contribution in [0.1, 0.15) is 36.8 Å². The number of tetrazole rings is 1. The Morgan fingerprint density at radius 1 is 1.15 bits per heavy atom. The highest BCUT2D eigenvalue weighted by Crippen LogP contribution is 2.39. The fourth-order valence-corrected chi connectivity index (χ4v) is 3.79. The van der Waals surface area contributed by atoms with Crippen LogP contribution in [0.3, 0.4) is 0 Å². The number of nitrogens with zero attached hydrogens (tertiary/aromatic N) is 4. The zero-order valence-corrected chi connectivity index (χ0v) is 14.8. The molecular formula is C20H20FN5O. The molecule has 1 aromatic heterocycles. The van der Waals surface area contributed by atoms with Gasteiger partial charge in [-0.3, -0.25) is 4.79 Å². The molecule has 138 valence electrons. The Bertz CT molecular complexity index is 918. The third-order valence-electron chi connectivity index (χ3n) is 5.13. The minimum Gasteiger partial charge on any atom is -0.346 e. The average molecular weight is 365 g/mol. The number of hydrogen-bond acceptors (Lipinski definition) is 4. The van der Waals surface area contributed by atoms with E-state index in [9.17, 15) is 9.18 Å². The van der Waals surface area contributed by atoms with Crippen molar-refractivity contribution in [1.29, 1.82) is 0 Å². The summed E-state index contributed by atoms with van der Waals surface area (Å²) in [4.78, 5) is 12.7. The summed E-state index contributed by atoms with van der Waals surface area (Å²) < 4.78 is 15.3. The molecule has 1 N–H and O–H groups in total. The monoisotopic (exact) mass is 365 g/mol. The standard InChI is InChI=1S/C20H20FN5O/c21-17-5-3-4-16(13-17)20(10-1-2-11-20)23-19(27)12-15-6-8-18(9-7-15)26-14-22-24-25-26/h3-9,13-14H,1-2,10-12H2,(H,23,27). The molecule has 7 heteroatoms. The zero-order valence-electron chi connectivity index (χ0n) is 14.8. The first kappa shape index (κ1) is 17.3. The van der Waals surface area contributed by atoms with E-state index in [1.807, 2.05) is 30.3 Å². The molecule has 3 aromatic rings. The minimum atomic E-state index is -0.467. The molecule has 1 amide bonds. The van der Waals surface area contributed by atoms with Crippen LogP contribution in [0.5, 0.6) is 0 Å². The summed E-state index contributed by atoms with van der Waals surface area (Å²) in [5.41, 5.74) is 2.11. The Hall–Kier alpha value is -3.09. The fourth-order valence-electron chi connectivity index (χ4n) is 3.79. The maximum atomic E-state index is 13.7. The van der Waals surface area contributed by atoms with Crippen molar-refractivity contribution in [2.45, 2.75) is 37.6 Å². The maximum absolute atomic E-state index is 13.7. The summed E-state index contributed by atoms with van der Waals surface area (Å²) in [6, 6.07) is 14.1. The number of carbonyl (C=O) groups excluding carboxylic acids is 1. The molecule has 0 atom stereocenters. The van der Waals surface area contributed by atoms with Gasteiger partial charge in [-0.15, -0.1) is 5.10 Å². The van der Waals surface area contributed by atoms with Gasteiger partial charge in [-0.1, -0.05) is 37.1 Å². The molecule has 1 saturated carbocycles. The lowest BCUT2D eigenvalue weighted by Crippen LogP contribution is -2.44. The lowest BCUT2D eigenvalue weighted by Gasteiger charge is -2.31. The number of halogens is 1. The van der Waals surface area contributed by atoms with Crippen molar-refractivity contribution in [3.8, 4) is 5.69 Å². The average Bonchev–Trinajstić information content (AvgIpc) is 3.35. The summed E-state index contributed by atoms with van der Waals surface area (Å²) >= 11 is 0. The molecule has 0 bridgehead atoms. The predicted molar refractivity (Wildman–Crippen MR) is 97.5 cm³/mol. The second kappa shape index (κ2) is 7.26. The number of amides is 1. The second-order valence-corrected chi connectivity index (χ2v) is 6.95. The number of nitrogens with one attached hydrogen (secondary N) is 1. The maximum Gasteiger partial charge on any atom is 0.225 e. The summed E-state index contributed by atoms with van der Waals surface area (Å²) in [6.45, 7) is 0. The topological polar surface area (TPSA) is 72.7 Å². The van der Waals surface area contributed by atoms with Crippen LogP contribution < -0.4 is 5.32 Å². The molecule has 1 aliphatic rings. The molecule has 4 rings (SSSR count). The van der Waals surface area contributed by atoms with Gasteiger partial charge in [-0.05, 0) is 58.7 Å². The third-order valence-corrected chi connectivity index (χ3v) is 5.13. The van der Waals surface area contributed by atoms with Gasteiger partial charge >= 0.3 is 0 Å². The van der Waals surface area contributed by atoms with Crippen LogP contribution in [0.2, 0.25) is 0 Å². The Morgan fingerprint density at radius 3 is 2.59 bits per heavy atom. The normalized spacial score (nSPS) is 15.6. The van der Waals surface area contributed by atoms with Crippen LogP contribution in [0.15, 0.2) is 54.9 Å². The van der Waals surface area contributed by atoms with Gasteiger partial charge in [-0.25, -0.2) is 9.07 Å². The van der Waals surface area contributed by atoms with Crippen molar-refractivity contribution in [3.05, 3.63) is 71.8 Å². The first-order chi connectivity index (χ1) is 13.1. The largest absolute Gasteiger partial charge is 0.346 e. The zero-order chi connectivity index (χ0) is 18.7. The van der Waals surface area contributed by atoms with Gasteiger partial charge in [0.2, 0.25) is 5.91 Å². The first-order valence-electron chi connectivity index (χ1n) is 9.04. The van der Waals surface area contributed by atoms with Crippen LogP contribution in [-0.2, 0) is 16.8 Å². The van der Waals surface area contributed by atoms with E-state index in [0.29, 0.717) is 0 Å². The van der Waals surface area contributed by atoms with E-state index < -0.39 is 5.54 Å². The fraction of sp³-hybridized carbons (Fsp3) is 0.300. The van der Waals surface area contributed by atoms with Crippen molar-refractivity contribution in [3.63, 3.8) is 0 Å². The minimum absolute atomic E-state index is 0.0590. The van der Waals surface area contributed by atoms with Crippen molar-refractivity contribution in [2.75, 3.05) is 0 Å². The first-order valence-corrected chi connectivity index (χ1v) is 9.04. The summed E-state index contributed by atoms with van der Waals surface area (Å²) in [5.74, 6) is -0.331. The van der Waals surface area contributed by atoms with Gasteiger partial charge < -0.3 is 5.32 Å². The van der Waals surface area contributed by atoms with Crippen molar-refractivity contribution in [1.82, 2.24) is 25.5 Å². The van der Waals surface area contributed by atoms with Gasteiger partial charge in [0.15, 0.2) is 0 Å². The van der Waals surface area contributed by atoms with Crippen LogP contribution in [0.25, 0.3) is 5.69 Å². The number of hydrogen-bond donors (Lipinski definition) is 1. The van der Waals surface area contributed by atoms with Crippen molar-refractivity contribution in [2.24, 2.45) is 0 Å². The van der Waals surface area contributed by atoms with Gasteiger partial charge in [0.05, 0.1) is 17.6 Å². The molecule has 0 aliphatic heterocycles. The van der Waals surface area contributed by atoms with E-state index in [1.54, 1.807) is 10.7 Å². The molecule has 1 heterocycles. The summed E-state index contributed by atoms with van der Waals surface area (Å²) in [7, 11) is 0. The van der Waals surface area contributed by atoms with Gasteiger partial charge in [0.1, 0.15) is 12.1 Å². The Morgan fingerprint density at radius 2 is 1.93 bits per heavy atom. The Kier molecular flexibility index (Phi) is 4.66. The lowest BCUT2D eigenvalue weighted by atomic mass is 9.87. The highest BCUT2D eigenvalue weighted by molar-refractivity contribution is 5.79. The number of benzene rings is 2. The van der Waals surface area contributed by atoms with Gasteiger partial charge in [-0.2, -0.15) is 0 Å². The quantitative estimate of drug-likeness (QED) is 0.755. The molecule has 0 unspecified atom stereocenters. The third kappa shape index (κ3) is 3.72. The lowest BCUT2D eigenvalue weighted by molar-refractivity contribution is -0.122. The second-order valence-electron chi connectivity index (χ2n) is 6.95. The number of aromatic nitrogens is 4. The van der Waals surface area contributed by atoms with E-state index in [2.05, 4.69) is 20.8 Å². The van der Waals surface area contributed by atoms with Crippen LogP contribution >= 0.6 is 0 Å². The Labute approximate surface area is 156 Å². The molecule has 1 fully saturated rings. The summed E-state index contributed by atoms with van der Waals surface area (Å²) in [6.07, 6.45) is 5.51. The van der Waals surface area contributed by atoms with E-state index in [1.165, 1.54) is 18.5 Å². The molecule has 6 nitrogen and oxygen atoms in total. The molecule has 1 aliphatic carbocycles. The van der Waals surface area contributed by atoms with E-state index in [-0.39, 0.29) is 18.1 Å². The van der Waals surface area contributed by atoms with E-state index in [0.717, 1.165) is 42.5 Å². The Balaban J connectivity index is 1.47. The van der Waals surface area contributed by atoms with Gasteiger partial charge in [0.25, 0.3) is 0 Å². The molecule has 0 spiro atoms. The molecular weight excluding hydrogens is 345 g/mol. The predicted octanol–water partition coefficient (Wildman–Crippen LogP) is 2.93. The SMILES string of the molecule is O=C(Cc1ccc(-n2cnnn2)cc1)NC1(c2cccc(F)c2)CCCC1.